The smallest absolute Gasteiger partial charge is 0.278 e. The molecule has 2 aromatic carbocycles. The molecule has 3 rings (SSSR count). The molecule has 0 radical (unpaired) electrons. The summed E-state index contributed by atoms with van der Waals surface area (Å²) in [7, 11) is 0. The fourth-order valence-electron chi connectivity index (χ4n) is 3.45. The Balaban J connectivity index is 1.72. The predicted molar refractivity (Wildman–Crippen MR) is 120 cm³/mol. The molecule has 0 atom stereocenters. The second kappa shape index (κ2) is 9.42. The van der Waals surface area contributed by atoms with Crippen LogP contribution in [0.1, 0.15) is 39.8 Å². The molecule has 31 heavy (non-hydrogen) atoms. The maximum Gasteiger partial charge on any atom is 0.278 e. The van der Waals surface area contributed by atoms with E-state index >= 15 is 0 Å². The Morgan fingerprint density at radius 2 is 1.71 bits per heavy atom. The largest absolute Gasteiger partial charge is 0.492 e. The van der Waals surface area contributed by atoms with Gasteiger partial charge in [0.2, 0.25) is 5.91 Å². The van der Waals surface area contributed by atoms with Crippen molar-refractivity contribution in [3.63, 3.8) is 0 Å². The van der Waals surface area contributed by atoms with Gasteiger partial charge in [-0.2, -0.15) is 0 Å². The van der Waals surface area contributed by atoms with Crippen molar-refractivity contribution < 1.29 is 14.3 Å². The van der Waals surface area contributed by atoms with Crippen molar-refractivity contribution in [3.8, 4) is 5.75 Å². The van der Waals surface area contributed by atoms with Crippen LogP contribution < -0.4 is 15.4 Å². The lowest BCUT2D eigenvalue weighted by molar-refractivity contribution is -0.117. The second-order valence-electron chi connectivity index (χ2n) is 7.39. The van der Waals surface area contributed by atoms with Gasteiger partial charge in [-0.1, -0.05) is 35.0 Å². The maximum absolute atomic E-state index is 12.8. The maximum atomic E-state index is 12.8. The van der Waals surface area contributed by atoms with E-state index in [1.807, 2.05) is 52.0 Å². The van der Waals surface area contributed by atoms with Crippen LogP contribution in [0.4, 0.5) is 11.4 Å². The Bertz CT molecular complexity index is 1100. The minimum Gasteiger partial charge on any atom is -0.492 e. The zero-order valence-corrected chi connectivity index (χ0v) is 18.4. The highest BCUT2D eigenvalue weighted by molar-refractivity contribution is 6.04. The summed E-state index contributed by atoms with van der Waals surface area (Å²) >= 11 is 0. The van der Waals surface area contributed by atoms with Crippen molar-refractivity contribution >= 4 is 23.2 Å². The standard InChI is InChI=1S/C23H27N5O3/c1-6-31-19-10-8-7-9-18(19)24-20(29)13-28-17(5)22(26-27-28)23(30)25-21-15(3)11-14(2)12-16(21)4/h7-12H,6,13H2,1-5H3,(H,24,29)(H,25,30). The van der Waals surface area contributed by atoms with E-state index in [1.165, 1.54) is 4.68 Å². The Kier molecular flexibility index (Phi) is 6.69. The van der Waals surface area contributed by atoms with Gasteiger partial charge < -0.3 is 15.4 Å². The number of carbonyl (C=O) groups is 2. The average Bonchev–Trinajstić information content (AvgIpc) is 3.06. The minimum atomic E-state index is -0.360. The Morgan fingerprint density at radius 1 is 1.03 bits per heavy atom. The zero-order chi connectivity index (χ0) is 22.5. The number of hydrogen-bond donors (Lipinski definition) is 2. The first kappa shape index (κ1) is 22.0. The molecule has 1 heterocycles. The number of ether oxygens (including phenoxy) is 1. The highest BCUT2D eigenvalue weighted by Crippen LogP contribution is 2.24. The molecule has 8 nitrogen and oxygen atoms in total. The van der Waals surface area contributed by atoms with Crippen molar-refractivity contribution in [2.45, 2.75) is 41.2 Å². The van der Waals surface area contributed by atoms with Gasteiger partial charge in [-0.15, -0.1) is 5.10 Å². The molecule has 0 fully saturated rings. The fourth-order valence-corrected chi connectivity index (χ4v) is 3.45. The number of rotatable bonds is 7. The van der Waals surface area contributed by atoms with E-state index < -0.39 is 0 Å². The summed E-state index contributed by atoms with van der Waals surface area (Å²) in [5.41, 5.74) is 5.11. The average molecular weight is 422 g/mol. The number of para-hydroxylation sites is 2. The molecule has 0 saturated heterocycles. The lowest BCUT2D eigenvalue weighted by Crippen LogP contribution is -2.21. The third kappa shape index (κ3) is 5.09. The summed E-state index contributed by atoms with van der Waals surface area (Å²) < 4.78 is 6.93. The lowest BCUT2D eigenvalue weighted by Gasteiger charge is -2.12. The van der Waals surface area contributed by atoms with Crippen molar-refractivity contribution in [1.82, 2.24) is 15.0 Å². The van der Waals surface area contributed by atoms with Crippen LogP contribution in [0.3, 0.4) is 0 Å². The quantitative estimate of drug-likeness (QED) is 0.605. The molecule has 8 heteroatoms. The van der Waals surface area contributed by atoms with Crippen LogP contribution >= 0.6 is 0 Å². The predicted octanol–water partition coefficient (Wildman–Crippen LogP) is 3.80. The molecule has 2 N–H and O–H groups in total. The van der Waals surface area contributed by atoms with E-state index in [0.29, 0.717) is 23.7 Å². The van der Waals surface area contributed by atoms with Crippen LogP contribution in [0.15, 0.2) is 36.4 Å². The van der Waals surface area contributed by atoms with Crippen LogP contribution in [0, 0.1) is 27.7 Å². The van der Waals surface area contributed by atoms with Gasteiger partial charge >= 0.3 is 0 Å². The number of anilines is 2. The first-order valence-electron chi connectivity index (χ1n) is 10.1. The molecule has 3 aromatic rings. The summed E-state index contributed by atoms with van der Waals surface area (Å²) in [4.78, 5) is 25.3. The topological polar surface area (TPSA) is 98.1 Å². The van der Waals surface area contributed by atoms with Crippen LogP contribution in [0.5, 0.6) is 5.75 Å². The van der Waals surface area contributed by atoms with Gasteiger partial charge in [-0.25, -0.2) is 4.68 Å². The molecular weight excluding hydrogens is 394 g/mol. The number of nitrogens with zero attached hydrogens (tertiary/aromatic N) is 3. The van der Waals surface area contributed by atoms with E-state index in [4.69, 9.17) is 4.74 Å². The molecule has 0 spiro atoms. The first-order chi connectivity index (χ1) is 14.8. The summed E-state index contributed by atoms with van der Waals surface area (Å²) in [5, 5.41) is 13.7. The summed E-state index contributed by atoms with van der Waals surface area (Å²) in [5.74, 6) is -0.0594. The molecule has 0 aliphatic carbocycles. The third-order valence-corrected chi connectivity index (χ3v) is 4.87. The molecule has 0 aliphatic rings. The summed E-state index contributed by atoms with van der Waals surface area (Å²) in [6, 6.07) is 11.2. The molecule has 0 saturated carbocycles. The molecule has 0 aliphatic heterocycles. The van der Waals surface area contributed by atoms with E-state index in [0.717, 1.165) is 22.4 Å². The Morgan fingerprint density at radius 3 is 2.39 bits per heavy atom. The zero-order valence-electron chi connectivity index (χ0n) is 18.4. The van der Waals surface area contributed by atoms with Gasteiger partial charge in [0.15, 0.2) is 5.69 Å². The fraction of sp³-hybridized carbons (Fsp3) is 0.304. The van der Waals surface area contributed by atoms with Crippen LogP contribution in [0.25, 0.3) is 0 Å². The number of amides is 2. The van der Waals surface area contributed by atoms with Gasteiger partial charge in [-0.05, 0) is 57.9 Å². The van der Waals surface area contributed by atoms with Crippen LogP contribution in [-0.4, -0.2) is 33.4 Å². The number of aryl methyl sites for hydroxylation is 3. The highest BCUT2D eigenvalue weighted by Gasteiger charge is 2.20. The molecule has 0 unspecified atom stereocenters. The van der Waals surface area contributed by atoms with Crippen molar-refractivity contribution in [2.24, 2.45) is 0 Å². The number of nitrogens with one attached hydrogen (secondary N) is 2. The molecule has 162 valence electrons. The van der Waals surface area contributed by atoms with Crippen LogP contribution in [-0.2, 0) is 11.3 Å². The van der Waals surface area contributed by atoms with E-state index in [9.17, 15) is 9.59 Å². The van der Waals surface area contributed by atoms with E-state index in [1.54, 1.807) is 19.1 Å². The number of carbonyl (C=O) groups excluding carboxylic acids is 2. The van der Waals surface area contributed by atoms with Gasteiger partial charge in [0.05, 0.1) is 18.0 Å². The highest BCUT2D eigenvalue weighted by atomic mass is 16.5. The third-order valence-electron chi connectivity index (χ3n) is 4.87. The van der Waals surface area contributed by atoms with Gasteiger partial charge in [0.25, 0.3) is 5.91 Å². The van der Waals surface area contributed by atoms with Gasteiger partial charge in [-0.3, -0.25) is 9.59 Å². The summed E-state index contributed by atoms with van der Waals surface area (Å²) in [6.45, 7) is 9.92. The van der Waals surface area contributed by atoms with Gasteiger partial charge in [0, 0.05) is 5.69 Å². The molecule has 1 aromatic heterocycles. The van der Waals surface area contributed by atoms with E-state index in [2.05, 4.69) is 20.9 Å². The van der Waals surface area contributed by atoms with Crippen molar-refractivity contribution in [2.75, 3.05) is 17.2 Å². The van der Waals surface area contributed by atoms with Crippen molar-refractivity contribution in [1.29, 1.82) is 0 Å². The normalized spacial score (nSPS) is 10.6. The SMILES string of the molecule is CCOc1ccccc1NC(=O)Cn1nnc(C(=O)Nc2c(C)cc(C)cc2C)c1C. The van der Waals surface area contributed by atoms with E-state index in [-0.39, 0.29) is 24.1 Å². The number of benzene rings is 2. The van der Waals surface area contributed by atoms with Crippen molar-refractivity contribution in [3.05, 3.63) is 64.5 Å². The molecule has 2 amide bonds. The van der Waals surface area contributed by atoms with Gasteiger partial charge in [0.1, 0.15) is 12.3 Å². The minimum absolute atomic E-state index is 0.0742. The molecule has 0 bridgehead atoms. The second-order valence-corrected chi connectivity index (χ2v) is 7.39. The Hall–Kier alpha value is -3.68. The number of aromatic nitrogens is 3. The van der Waals surface area contributed by atoms with Crippen LogP contribution in [0.2, 0.25) is 0 Å². The monoisotopic (exact) mass is 421 g/mol. The Labute approximate surface area is 181 Å². The first-order valence-corrected chi connectivity index (χ1v) is 10.1. The summed E-state index contributed by atoms with van der Waals surface area (Å²) in [6.07, 6.45) is 0. The lowest BCUT2D eigenvalue weighted by atomic mass is 10.0. The molecular formula is C23H27N5O3. The number of hydrogen-bond acceptors (Lipinski definition) is 5.